The van der Waals surface area contributed by atoms with E-state index in [1.807, 2.05) is 6.07 Å². The molecule has 2 rings (SSSR count). The Balaban J connectivity index is 2.06. The summed E-state index contributed by atoms with van der Waals surface area (Å²) in [7, 11) is 0. The van der Waals surface area contributed by atoms with E-state index in [0.717, 1.165) is 31.4 Å². The highest BCUT2D eigenvalue weighted by Gasteiger charge is 2.40. The van der Waals surface area contributed by atoms with Gasteiger partial charge >= 0.3 is 0 Å². The van der Waals surface area contributed by atoms with Gasteiger partial charge in [0.2, 0.25) is 0 Å². The number of nitrogens with zero attached hydrogens (tertiary/aromatic N) is 1. The summed E-state index contributed by atoms with van der Waals surface area (Å²) in [5.74, 6) is 1.08. The Hall–Kier alpha value is -1.42. The van der Waals surface area contributed by atoms with Crippen LogP contribution in [0.25, 0.3) is 0 Å². The Labute approximate surface area is 114 Å². The minimum Gasteiger partial charge on any atom is -0.314 e. The molecule has 104 valence electrons. The zero-order valence-electron chi connectivity index (χ0n) is 11.6. The molecule has 0 bridgehead atoms. The molecule has 4 heteroatoms. The van der Waals surface area contributed by atoms with Gasteiger partial charge in [0.05, 0.1) is 4.92 Å². The molecule has 1 fully saturated rings. The number of hydrogen-bond donors (Lipinski definition) is 1. The largest absolute Gasteiger partial charge is 0.314 e. The first-order valence-electron chi connectivity index (χ1n) is 7.15. The summed E-state index contributed by atoms with van der Waals surface area (Å²) >= 11 is 0. The summed E-state index contributed by atoms with van der Waals surface area (Å²) in [6.07, 6.45) is 3.36. The molecule has 4 nitrogen and oxygen atoms in total. The first-order chi connectivity index (χ1) is 9.17. The van der Waals surface area contributed by atoms with E-state index in [2.05, 4.69) is 19.2 Å². The van der Waals surface area contributed by atoms with Gasteiger partial charge < -0.3 is 5.32 Å². The molecule has 1 aliphatic rings. The molecule has 0 spiro atoms. The van der Waals surface area contributed by atoms with Gasteiger partial charge in [-0.15, -0.1) is 0 Å². The standard InChI is InChI=1S/C15H22N2O2/c1-3-8-16-15-10-14(13(15)4-2)11-6-5-7-12(9-11)17(18)19/h5-7,9,13-16H,3-4,8,10H2,1-2H3. The normalized spacial score (nSPS) is 25.9. The van der Waals surface area contributed by atoms with Crippen LogP contribution in [0.2, 0.25) is 0 Å². The van der Waals surface area contributed by atoms with E-state index in [0.29, 0.717) is 17.9 Å². The lowest BCUT2D eigenvalue weighted by atomic mass is 9.65. The van der Waals surface area contributed by atoms with E-state index in [4.69, 9.17) is 0 Å². The van der Waals surface area contributed by atoms with Crippen LogP contribution in [0.1, 0.15) is 44.6 Å². The van der Waals surface area contributed by atoms with Gasteiger partial charge in [0, 0.05) is 18.2 Å². The molecule has 0 radical (unpaired) electrons. The number of nitro groups is 1. The van der Waals surface area contributed by atoms with E-state index in [1.165, 1.54) is 0 Å². The summed E-state index contributed by atoms with van der Waals surface area (Å²) in [6.45, 7) is 5.43. The van der Waals surface area contributed by atoms with Crippen molar-refractivity contribution in [2.24, 2.45) is 5.92 Å². The van der Waals surface area contributed by atoms with Crippen molar-refractivity contribution in [3.05, 3.63) is 39.9 Å². The van der Waals surface area contributed by atoms with Gasteiger partial charge in [-0.2, -0.15) is 0 Å². The Morgan fingerprint density at radius 2 is 2.21 bits per heavy atom. The summed E-state index contributed by atoms with van der Waals surface area (Å²) in [5.41, 5.74) is 1.33. The third kappa shape index (κ3) is 2.95. The molecule has 3 atom stereocenters. The highest BCUT2D eigenvalue weighted by molar-refractivity contribution is 5.37. The van der Waals surface area contributed by atoms with Crippen LogP contribution in [0.15, 0.2) is 24.3 Å². The third-order valence-electron chi connectivity index (χ3n) is 4.18. The summed E-state index contributed by atoms with van der Waals surface area (Å²) in [5, 5.41) is 14.4. The fourth-order valence-electron chi connectivity index (χ4n) is 3.09. The Bertz CT molecular complexity index is 448. The average molecular weight is 262 g/mol. The van der Waals surface area contributed by atoms with Crippen molar-refractivity contribution in [3.8, 4) is 0 Å². The van der Waals surface area contributed by atoms with E-state index in [1.54, 1.807) is 18.2 Å². The van der Waals surface area contributed by atoms with Crippen LogP contribution in [0.5, 0.6) is 0 Å². The molecular formula is C15H22N2O2. The van der Waals surface area contributed by atoms with Crippen LogP contribution < -0.4 is 5.32 Å². The summed E-state index contributed by atoms with van der Waals surface area (Å²) < 4.78 is 0. The fraction of sp³-hybridized carbons (Fsp3) is 0.600. The van der Waals surface area contributed by atoms with Crippen molar-refractivity contribution in [1.82, 2.24) is 5.32 Å². The molecule has 0 saturated heterocycles. The van der Waals surface area contributed by atoms with Crippen molar-refractivity contribution >= 4 is 5.69 Å². The number of rotatable bonds is 6. The Morgan fingerprint density at radius 1 is 1.42 bits per heavy atom. The number of nitro benzene ring substituents is 1. The van der Waals surface area contributed by atoms with Crippen molar-refractivity contribution in [1.29, 1.82) is 0 Å². The van der Waals surface area contributed by atoms with Crippen molar-refractivity contribution < 1.29 is 4.92 Å². The SMILES string of the molecule is CCCNC1CC(c2cccc([N+](=O)[O-])c2)C1CC. The molecular weight excluding hydrogens is 240 g/mol. The lowest BCUT2D eigenvalue weighted by Gasteiger charge is -2.45. The van der Waals surface area contributed by atoms with Gasteiger partial charge in [-0.3, -0.25) is 10.1 Å². The van der Waals surface area contributed by atoms with Crippen molar-refractivity contribution in [2.45, 2.75) is 45.1 Å². The lowest BCUT2D eigenvalue weighted by Crippen LogP contribution is -2.49. The second-order valence-corrected chi connectivity index (χ2v) is 5.33. The molecule has 1 aromatic rings. The van der Waals surface area contributed by atoms with Crippen LogP contribution >= 0.6 is 0 Å². The predicted molar refractivity (Wildman–Crippen MR) is 76.3 cm³/mol. The molecule has 0 aliphatic heterocycles. The second-order valence-electron chi connectivity index (χ2n) is 5.33. The second kappa shape index (κ2) is 6.15. The van der Waals surface area contributed by atoms with Crippen LogP contribution in [0.3, 0.4) is 0 Å². The highest BCUT2D eigenvalue weighted by atomic mass is 16.6. The minimum absolute atomic E-state index is 0.206. The van der Waals surface area contributed by atoms with Gasteiger partial charge in [-0.25, -0.2) is 0 Å². The molecule has 0 amide bonds. The topological polar surface area (TPSA) is 55.2 Å². The Morgan fingerprint density at radius 3 is 2.84 bits per heavy atom. The molecule has 1 N–H and O–H groups in total. The molecule has 0 aromatic heterocycles. The number of hydrogen-bond acceptors (Lipinski definition) is 3. The van der Waals surface area contributed by atoms with Crippen LogP contribution in [0.4, 0.5) is 5.69 Å². The van der Waals surface area contributed by atoms with Gasteiger partial charge in [0.15, 0.2) is 0 Å². The predicted octanol–water partition coefficient (Wildman–Crippen LogP) is 3.48. The summed E-state index contributed by atoms with van der Waals surface area (Å²) in [6, 6.07) is 7.71. The maximum absolute atomic E-state index is 10.8. The first kappa shape index (κ1) is 14.0. The van der Waals surface area contributed by atoms with Crippen LogP contribution in [-0.4, -0.2) is 17.5 Å². The first-order valence-corrected chi connectivity index (χ1v) is 7.15. The van der Waals surface area contributed by atoms with Gasteiger partial charge in [0.25, 0.3) is 5.69 Å². The number of non-ortho nitro benzene ring substituents is 1. The zero-order valence-corrected chi connectivity index (χ0v) is 11.6. The maximum atomic E-state index is 10.8. The minimum atomic E-state index is -0.310. The van der Waals surface area contributed by atoms with Crippen molar-refractivity contribution in [2.75, 3.05) is 6.54 Å². The van der Waals surface area contributed by atoms with E-state index < -0.39 is 0 Å². The Kier molecular flexibility index (Phi) is 4.53. The van der Waals surface area contributed by atoms with Gasteiger partial charge in [-0.1, -0.05) is 32.4 Å². The fourth-order valence-corrected chi connectivity index (χ4v) is 3.09. The van der Waals surface area contributed by atoms with E-state index in [-0.39, 0.29) is 10.6 Å². The zero-order chi connectivity index (χ0) is 13.8. The van der Waals surface area contributed by atoms with E-state index >= 15 is 0 Å². The van der Waals surface area contributed by atoms with Gasteiger partial charge in [0.1, 0.15) is 0 Å². The van der Waals surface area contributed by atoms with Crippen molar-refractivity contribution in [3.63, 3.8) is 0 Å². The molecule has 1 aliphatic carbocycles. The maximum Gasteiger partial charge on any atom is 0.269 e. The monoisotopic (exact) mass is 262 g/mol. The lowest BCUT2D eigenvalue weighted by molar-refractivity contribution is -0.385. The quantitative estimate of drug-likeness (QED) is 0.630. The molecule has 1 saturated carbocycles. The number of nitrogens with one attached hydrogen (secondary N) is 1. The smallest absolute Gasteiger partial charge is 0.269 e. The van der Waals surface area contributed by atoms with E-state index in [9.17, 15) is 10.1 Å². The molecule has 1 aromatic carbocycles. The molecule has 3 unspecified atom stereocenters. The van der Waals surface area contributed by atoms with Crippen LogP contribution in [-0.2, 0) is 0 Å². The molecule has 0 heterocycles. The van der Waals surface area contributed by atoms with Crippen LogP contribution in [0, 0.1) is 16.0 Å². The van der Waals surface area contributed by atoms with Gasteiger partial charge in [-0.05, 0) is 36.8 Å². The number of benzene rings is 1. The average Bonchev–Trinajstić information content (AvgIpc) is 2.38. The summed E-state index contributed by atoms with van der Waals surface area (Å²) in [4.78, 5) is 10.5. The third-order valence-corrected chi connectivity index (χ3v) is 4.18. The highest BCUT2D eigenvalue weighted by Crippen LogP contribution is 2.45. The molecule has 19 heavy (non-hydrogen) atoms.